The van der Waals surface area contributed by atoms with E-state index in [9.17, 15) is 19.2 Å². The number of thioether (sulfide) groups is 2. The van der Waals surface area contributed by atoms with Crippen molar-refractivity contribution in [3.63, 3.8) is 0 Å². The maximum Gasteiger partial charge on any atom is 0.237 e. The topological polar surface area (TPSA) is 104 Å². The number of Topliss-reactive ketones (excluding diaryl/α,β-unsaturated/α-hetero) is 2. The Morgan fingerprint density at radius 3 is 2.06 bits per heavy atom. The van der Waals surface area contributed by atoms with E-state index < -0.39 is 0 Å². The lowest BCUT2D eigenvalue weighted by Crippen LogP contribution is -2.47. The number of nitrogens with one attached hydrogen (secondary N) is 3. The number of rotatable bonds is 16. The third-order valence-corrected chi connectivity index (χ3v) is 8.46. The first-order chi connectivity index (χ1) is 15.4. The molecule has 1 aliphatic rings. The molecule has 0 saturated heterocycles. The van der Waals surface area contributed by atoms with Gasteiger partial charge in [-0.3, -0.25) is 19.2 Å². The third-order valence-electron chi connectivity index (χ3n) is 5.45. The van der Waals surface area contributed by atoms with Gasteiger partial charge in [-0.2, -0.15) is 0 Å². The number of hydrogen-bond acceptors (Lipinski definition) is 7. The highest BCUT2D eigenvalue weighted by Gasteiger charge is 2.33. The fraction of sp³-hybridized carbons (Fsp3) is 0.833. The molecule has 3 atom stereocenters. The Kier molecular flexibility index (Phi) is 13.7. The summed E-state index contributed by atoms with van der Waals surface area (Å²) in [6.45, 7) is 11.9. The first-order valence-electron chi connectivity index (χ1n) is 12.0. The molecule has 3 N–H and O–H groups in total. The largest absolute Gasteiger partial charge is 0.355 e. The zero-order chi connectivity index (χ0) is 25.0. The van der Waals surface area contributed by atoms with Crippen molar-refractivity contribution in [2.45, 2.75) is 96.2 Å². The average molecular weight is 502 g/mol. The molecule has 2 amide bonds. The van der Waals surface area contributed by atoms with Gasteiger partial charge in [0.25, 0.3) is 0 Å². The van der Waals surface area contributed by atoms with Gasteiger partial charge in [-0.25, -0.2) is 0 Å². The van der Waals surface area contributed by atoms with Crippen molar-refractivity contribution in [3.05, 3.63) is 0 Å². The Morgan fingerprint density at radius 2 is 1.55 bits per heavy atom. The zero-order valence-corrected chi connectivity index (χ0v) is 22.8. The number of amides is 2. The average Bonchev–Trinajstić information content (AvgIpc) is 2.69. The van der Waals surface area contributed by atoms with Crippen LogP contribution in [-0.2, 0) is 19.2 Å². The number of hydrogen-bond donors (Lipinski definition) is 3. The highest BCUT2D eigenvalue weighted by Crippen LogP contribution is 2.40. The van der Waals surface area contributed by atoms with Gasteiger partial charge in [0.1, 0.15) is 11.6 Å². The summed E-state index contributed by atoms with van der Waals surface area (Å²) in [4.78, 5) is 47.7. The van der Waals surface area contributed by atoms with Crippen molar-refractivity contribution in [2.24, 2.45) is 5.41 Å². The Bertz CT molecular complexity index is 665. The lowest BCUT2D eigenvalue weighted by atomic mass is 9.92. The predicted octanol–water partition coefficient (Wildman–Crippen LogP) is 2.96. The van der Waals surface area contributed by atoms with E-state index in [0.29, 0.717) is 35.0 Å². The van der Waals surface area contributed by atoms with Crippen LogP contribution >= 0.6 is 23.5 Å². The van der Waals surface area contributed by atoms with Gasteiger partial charge >= 0.3 is 0 Å². The van der Waals surface area contributed by atoms with Crippen LogP contribution in [0.4, 0.5) is 0 Å². The van der Waals surface area contributed by atoms with E-state index >= 15 is 0 Å². The highest BCUT2D eigenvalue weighted by molar-refractivity contribution is 8.04. The molecule has 2 unspecified atom stereocenters. The van der Waals surface area contributed by atoms with Gasteiger partial charge in [-0.1, -0.05) is 34.6 Å². The highest BCUT2D eigenvalue weighted by atomic mass is 32.2. The van der Waals surface area contributed by atoms with Gasteiger partial charge in [-0.05, 0) is 39.0 Å². The second kappa shape index (κ2) is 15.0. The van der Waals surface area contributed by atoms with Gasteiger partial charge in [-0.15, -0.1) is 23.5 Å². The SMILES string of the molecule is CC(=O)CNC(=O)[C@H](CCCCNC(=O)CSC1CCC1SCC(=O)C(C)(C)C)NC(C)C. The van der Waals surface area contributed by atoms with Gasteiger partial charge in [0, 0.05) is 28.5 Å². The van der Waals surface area contributed by atoms with Crippen molar-refractivity contribution in [1.82, 2.24) is 16.0 Å². The first-order valence-corrected chi connectivity index (χ1v) is 14.1. The van der Waals surface area contributed by atoms with Crippen LogP contribution in [0.2, 0.25) is 0 Å². The van der Waals surface area contributed by atoms with E-state index in [1.807, 2.05) is 34.6 Å². The summed E-state index contributed by atoms with van der Waals surface area (Å²) in [6, 6.07) is -0.177. The molecule has 1 fully saturated rings. The van der Waals surface area contributed by atoms with E-state index in [0.717, 1.165) is 25.7 Å². The van der Waals surface area contributed by atoms with Gasteiger partial charge in [0.2, 0.25) is 11.8 Å². The predicted molar refractivity (Wildman–Crippen MR) is 139 cm³/mol. The lowest BCUT2D eigenvalue weighted by molar-refractivity contribution is -0.126. The molecule has 190 valence electrons. The summed E-state index contributed by atoms with van der Waals surface area (Å²) in [6.07, 6.45) is 4.47. The fourth-order valence-electron chi connectivity index (χ4n) is 3.18. The molecule has 1 aliphatic carbocycles. The zero-order valence-electron chi connectivity index (χ0n) is 21.1. The maximum absolute atomic E-state index is 12.3. The molecule has 0 aromatic carbocycles. The van der Waals surface area contributed by atoms with E-state index in [2.05, 4.69) is 16.0 Å². The Hall–Kier alpha value is -1.06. The van der Waals surface area contributed by atoms with Crippen LogP contribution in [0.15, 0.2) is 0 Å². The smallest absolute Gasteiger partial charge is 0.237 e. The molecular weight excluding hydrogens is 458 g/mol. The summed E-state index contributed by atoms with van der Waals surface area (Å²) in [5.74, 6) is 1.09. The van der Waals surface area contributed by atoms with Gasteiger partial charge in [0.05, 0.1) is 24.1 Å². The summed E-state index contributed by atoms with van der Waals surface area (Å²) in [5.41, 5.74) is -0.289. The summed E-state index contributed by atoms with van der Waals surface area (Å²) in [7, 11) is 0. The van der Waals surface area contributed by atoms with E-state index in [1.165, 1.54) is 6.92 Å². The van der Waals surface area contributed by atoms with Crippen LogP contribution in [0.1, 0.15) is 73.6 Å². The molecule has 33 heavy (non-hydrogen) atoms. The molecular formula is C24H43N3O4S2. The van der Waals surface area contributed by atoms with Crippen LogP contribution < -0.4 is 16.0 Å². The van der Waals surface area contributed by atoms with Gasteiger partial charge < -0.3 is 16.0 Å². The Balaban J connectivity index is 2.21. The Labute approximate surface area is 208 Å². The van der Waals surface area contributed by atoms with Crippen molar-refractivity contribution in [1.29, 1.82) is 0 Å². The van der Waals surface area contributed by atoms with E-state index in [-0.39, 0.29) is 47.4 Å². The minimum absolute atomic E-state index is 0.0393. The number of ketones is 2. The number of unbranched alkanes of at least 4 members (excludes halogenated alkanes) is 1. The molecule has 0 bridgehead atoms. The summed E-state index contributed by atoms with van der Waals surface area (Å²) >= 11 is 3.43. The monoisotopic (exact) mass is 501 g/mol. The van der Waals surface area contributed by atoms with Crippen molar-refractivity contribution >= 4 is 46.9 Å². The number of carbonyl (C=O) groups excluding carboxylic acids is 4. The molecule has 0 heterocycles. The summed E-state index contributed by atoms with van der Waals surface area (Å²) < 4.78 is 0. The van der Waals surface area contributed by atoms with Crippen LogP contribution in [0.5, 0.6) is 0 Å². The minimum atomic E-state index is -0.339. The number of carbonyl (C=O) groups is 4. The maximum atomic E-state index is 12.3. The third kappa shape index (κ3) is 12.8. The van der Waals surface area contributed by atoms with Crippen molar-refractivity contribution < 1.29 is 19.2 Å². The fourth-order valence-corrected chi connectivity index (χ4v) is 6.23. The molecule has 9 heteroatoms. The molecule has 1 saturated carbocycles. The van der Waals surface area contributed by atoms with Crippen molar-refractivity contribution in [3.8, 4) is 0 Å². The van der Waals surface area contributed by atoms with Crippen molar-refractivity contribution in [2.75, 3.05) is 24.6 Å². The normalized spacial score (nSPS) is 19.0. The molecule has 0 aromatic heterocycles. The second-order valence-corrected chi connectivity index (χ2v) is 12.5. The standard InChI is InChI=1S/C24H43N3O4S2/c1-16(2)27-18(23(31)26-13-17(3)28)9-7-8-12-25-22(30)15-33-20-11-10-19(20)32-14-21(29)24(4,5)6/h16,18-20,27H,7-15H2,1-6H3,(H,25,30)(H,26,31)/t18-,19?,20?/m0/s1. The molecule has 0 radical (unpaired) electrons. The molecule has 7 nitrogen and oxygen atoms in total. The first kappa shape index (κ1) is 30.0. The van der Waals surface area contributed by atoms with Crippen LogP contribution in [0, 0.1) is 5.41 Å². The van der Waals surface area contributed by atoms with Crippen LogP contribution in [0.25, 0.3) is 0 Å². The molecule has 0 aromatic rings. The molecule has 0 aliphatic heterocycles. The van der Waals surface area contributed by atoms with Crippen LogP contribution in [0.3, 0.4) is 0 Å². The van der Waals surface area contributed by atoms with E-state index in [4.69, 9.17) is 0 Å². The van der Waals surface area contributed by atoms with E-state index in [1.54, 1.807) is 23.5 Å². The lowest BCUT2D eigenvalue weighted by Gasteiger charge is -2.35. The quantitative estimate of drug-likeness (QED) is 0.279. The second-order valence-electron chi connectivity index (χ2n) is 10.1. The molecule has 1 rings (SSSR count). The molecule has 0 spiro atoms. The van der Waals surface area contributed by atoms with Gasteiger partial charge in [0.15, 0.2) is 0 Å². The minimum Gasteiger partial charge on any atom is -0.355 e. The Morgan fingerprint density at radius 1 is 0.939 bits per heavy atom. The summed E-state index contributed by atoms with van der Waals surface area (Å²) in [5, 5.41) is 9.79. The van der Waals surface area contributed by atoms with Crippen LogP contribution in [-0.4, -0.2) is 70.6 Å².